The molecule has 37 heavy (non-hydrogen) atoms. The lowest BCUT2D eigenvalue weighted by molar-refractivity contribution is -0.0327. The highest BCUT2D eigenvalue weighted by atomic mass is 16.5. The van der Waals surface area contributed by atoms with E-state index in [0.29, 0.717) is 5.56 Å². The van der Waals surface area contributed by atoms with Gasteiger partial charge in [-0.3, -0.25) is 9.88 Å². The molecule has 2 atom stereocenters. The van der Waals surface area contributed by atoms with Gasteiger partial charge in [0, 0.05) is 88.4 Å². The Morgan fingerprint density at radius 1 is 0.973 bits per heavy atom. The third-order valence-corrected chi connectivity index (χ3v) is 7.51. The molecule has 0 radical (unpaired) electrons. The fraction of sp³-hybridized carbons (Fsp3) is 0.481. The molecule has 0 bridgehead atoms. The van der Waals surface area contributed by atoms with Crippen LogP contribution in [0.5, 0.6) is 0 Å². The van der Waals surface area contributed by atoms with Crippen molar-refractivity contribution in [3.8, 4) is 6.07 Å². The number of fused-ring (bicyclic) bond motifs is 1. The zero-order valence-corrected chi connectivity index (χ0v) is 21.2. The van der Waals surface area contributed by atoms with Gasteiger partial charge in [-0.1, -0.05) is 0 Å². The SMILES string of the molecule is C[C@@H]1CN(c2ccc(C#N)c3ncccc23)C[C@H](CN2CCN(c3ccnc(N4CC(N)C4)n3)CC2)O1. The molecule has 0 unspecified atom stereocenters. The fourth-order valence-corrected chi connectivity index (χ4v) is 5.66. The van der Waals surface area contributed by atoms with Gasteiger partial charge in [0.15, 0.2) is 0 Å². The molecule has 1 aromatic carbocycles. The summed E-state index contributed by atoms with van der Waals surface area (Å²) in [6.07, 6.45) is 3.83. The van der Waals surface area contributed by atoms with Gasteiger partial charge in [0.05, 0.1) is 23.3 Å². The van der Waals surface area contributed by atoms with Gasteiger partial charge in [0.25, 0.3) is 0 Å². The summed E-state index contributed by atoms with van der Waals surface area (Å²) in [5.74, 6) is 1.76. The minimum absolute atomic E-state index is 0.110. The summed E-state index contributed by atoms with van der Waals surface area (Å²) in [4.78, 5) is 23.1. The summed E-state index contributed by atoms with van der Waals surface area (Å²) in [6.45, 7) is 10.1. The number of pyridine rings is 1. The van der Waals surface area contributed by atoms with Gasteiger partial charge in [-0.25, -0.2) is 4.98 Å². The minimum atomic E-state index is 0.110. The van der Waals surface area contributed by atoms with Gasteiger partial charge in [-0.05, 0) is 37.3 Å². The Labute approximate surface area is 217 Å². The zero-order chi connectivity index (χ0) is 25.4. The molecule has 10 nitrogen and oxygen atoms in total. The van der Waals surface area contributed by atoms with Crippen molar-refractivity contribution in [3.05, 3.63) is 48.3 Å². The Morgan fingerprint density at radius 3 is 2.59 bits per heavy atom. The van der Waals surface area contributed by atoms with E-state index in [1.807, 2.05) is 24.4 Å². The number of nitrogens with zero attached hydrogens (tertiary/aromatic N) is 8. The molecule has 3 fully saturated rings. The van der Waals surface area contributed by atoms with Crippen LogP contribution >= 0.6 is 0 Å². The Kier molecular flexibility index (Phi) is 6.50. The summed E-state index contributed by atoms with van der Waals surface area (Å²) in [5.41, 5.74) is 8.42. The van der Waals surface area contributed by atoms with E-state index < -0.39 is 0 Å². The molecule has 2 aromatic heterocycles. The largest absolute Gasteiger partial charge is 0.370 e. The lowest BCUT2D eigenvalue weighted by atomic mass is 10.1. The fourth-order valence-electron chi connectivity index (χ4n) is 5.66. The third-order valence-electron chi connectivity index (χ3n) is 7.51. The first-order chi connectivity index (χ1) is 18.1. The van der Waals surface area contributed by atoms with Crippen LogP contribution in [-0.4, -0.2) is 97.0 Å². The molecule has 0 aliphatic carbocycles. The molecule has 0 spiro atoms. The van der Waals surface area contributed by atoms with Crippen molar-refractivity contribution in [1.29, 1.82) is 5.26 Å². The Morgan fingerprint density at radius 2 is 1.81 bits per heavy atom. The predicted molar refractivity (Wildman–Crippen MR) is 144 cm³/mol. The van der Waals surface area contributed by atoms with Crippen molar-refractivity contribution in [2.24, 2.45) is 5.73 Å². The highest BCUT2D eigenvalue weighted by Crippen LogP contribution is 2.30. The topological polar surface area (TPSA) is 111 Å². The van der Waals surface area contributed by atoms with E-state index in [2.05, 4.69) is 54.7 Å². The van der Waals surface area contributed by atoms with Crippen LogP contribution in [0.15, 0.2) is 42.7 Å². The smallest absolute Gasteiger partial charge is 0.227 e. The minimum Gasteiger partial charge on any atom is -0.370 e. The molecular weight excluding hydrogens is 466 g/mol. The van der Waals surface area contributed by atoms with Gasteiger partial charge in [0.2, 0.25) is 5.95 Å². The lowest BCUT2D eigenvalue weighted by Crippen LogP contribution is -2.56. The normalized spacial score (nSPS) is 23.2. The molecule has 3 aromatic rings. The summed E-state index contributed by atoms with van der Waals surface area (Å²) in [7, 11) is 0. The monoisotopic (exact) mass is 499 g/mol. The van der Waals surface area contributed by atoms with Crippen molar-refractivity contribution in [1.82, 2.24) is 19.9 Å². The van der Waals surface area contributed by atoms with Crippen molar-refractivity contribution in [2.75, 3.05) is 73.6 Å². The van der Waals surface area contributed by atoms with Crippen molar-refractivity contribution in [2.45, 2.75) is 25.2 Å². The van der Waals surface area contributed by atoms with Crippen LogP contribution in [0.3, 0.4) is 0 Å². The number of benzene rings is 1. The van der Waals surface area contributed by atoms with E-state index in [0.717, 1.165) is 87.3 Å². The van der Waals surface area contributed by atoms with Crippen LogP contribution in [0.1, 0.15) is 12.5 Å². The quantitative estimate of drug-likeness (QED) is 0.554. The predicted octanol–water partition coefficient (Wildman–Crippen LogP) is 1.46. The summed E-state index contributed by atoms with van der Waals surface area (Å²) in [6, 6.07) is 12.4. The number of nitrogens with two attached hydrogens (primary N) is 1. The molecule has 10 heteroatoms. The Bertz CT molecular complexity index is 1300. The number of hydrogen-bond acceptors (Lipinski definition) is 10. The van der Waals surface area contributed by atoms with Crippen LogP contribution in [0.4, 0.5) is 17.5 Å². The molecule has 192 valence electrons. The first-order valence-corrected chi connectivity index (χ1v) is 13.1. The molecule has 3 aliphatic rings. The number of piperazine rings is 1. The standard InChI is InChI=1S/C27H33N9O/c1-19-14-35(24-5-4-20(13-28)26-23(24)3-2-7-30-26)18-22(37-19)17-33-9-11-34(12-10-33)25-6-8-31-27(32-25)36-15-21(29)16-36/h2-8,19,21-22H,9-12,14-18,29H2,1H3/t19-,22+/m1/s1. The molecular formula is C27H33N9O. The number of morpholine rings is 1. The molecule has 6 rings (SSSR count). The molecule has 5 heterocycles. The first kappa shape index (κ1) is 23.9. The second-order valence-corrected chi connectivity index (χ2v) is 10.3. The summed E-state index contributed by atoms with van der Waals surface area (Å²) >= 11 is 0. The number of hydrogen-bond donors (Lipinski definition) is 1. The van der Waals surface area contributed by atoms with Crippen molar-refractivity contribution < 1.29 is 4.74 Å². The van der Waals surface area contributed by atoms with Crippen LogP contribution in [-0.2, 0) is 4.74 Å². The summed E-state index contributed by atoms with van der Waals surface area (Å²) < 4.78 is 6.38. The number of anilines is 3. The second-order valence-electron chi connectivity index (χ2n) is 10.3. The van der Waals surface area contributed by atoms with Gasteiger partial charge in [-0.2, -0.15) is 10.2 Å². The first-order valence-electron chi connectivity index (χ1n) is 13.1. The highest BCUT2D eigenvalue weighted by Gasteiger charge is 2.30. The lowest BCUT2D eigenvalue weighted by Gasteiger charge is -2.42. The average molecular weight is 500 g/mol. The second kappa shape index (κ2) is 10.1. The van der Waals surface area contributed by atoms with Crippen molar-refractivity contribution in [3.63, 3.8) is 0 Å². The number of nitriles is 1. The van der Waals surface area contributed by atoms with Crippen LogP contribution in [0.25, 0.3) is 10.9 Å². The van der Waals surface area contributed by atoms with E-state index in [1.165, 1.54) is 0 Å². The van der Waals surface area contributed by atoms with E-state index in [4.69, 9.17) is 15.5 Å². The molecule has 2 N–H and O–H groups in total. The molecule has 3 aliphatic heterocycles. The number of ether oxygens (including phenoxy) is 1. The van der Waals surface area contributed by atoms with Crippen LogP contribution in [0, 0.1) is 11.3 Å². The van der Waals surface area contributed by atoms with Gasteiger partial charge >= 0.3 is 0 Å². The Hall–Kier alpha value is -3.52. The van der Waals surface area contributed by atoms with Crippen molar-refractivity contribution >= 4 is 28.4 Å². The van der Waals surface area contributed by atoms with Crippen LogP contribution < -0.4 is 20.4 Å². The Balaban J connectivity index is 1.09. The summed E-state index contributed by atoms with van der Waals surface area (Å²) in [5, 5.41) is 10.5. The van der Waals surface area contributed by atoms with E-state index in [1.54, 1.807) is 6.20 Å². The number of aromatic nitrogens is 3. The third kappa shape index (κ3) is 4.90. The molecule has 0 saturated carbocycles. The van der Waals surface area contributed by atoms with Gasteiger partial charge in [-0.15, -0.1) is 0 Å². The number of rotatable bonds is 5. The average Bonchev–Trinajstić information content (AvgIpc) is 2.91. The zero-order valence-electron chi connectivity index (χ0n) is 21.2. The van der Waals surface area contributed by atoms with Gasteiger partial charge < -0.3 is 25.2 Å². The highest BCUT2D eigenvalue weighted by molar-refractivity contribution is 5.95. The van der Waals surface area contributed by atoms with E-state index >= 15 is 0 Å². The molecule has 3 saturated heterocycles. The van der Waals surface area contributed by atoms with E-state index in [9.17, 15) is 5.26 Å². The molecule has 0 amide bonds. The van der Waals surface area contributed by atoms with Gasteiger partial charge in [0.1, 0.15) is 11.9 Å². The maximum absolute atomic E-state index is 9.51. The van der Waals surface area contributed by atoms with E-state index in [-0.39, 0.29) is 18.2 Å². The maximum atomic E-state index is 9.51. The maximum Gasteiger partial charge on any atom is 0.227 e. The van der Waals surface area contributed by atoms with Crippen LogP contribution in [0.2, 0.25) is 0 Å².